The van der Waals surface area contributed by atoms with Gasteiger partial charge in [-0.05, 0) is 57.7 Å². The second kappa shape index (κ2) is 16.9. The molecule has 0 heterocycles. The lowest BCUT2D eigenvalue weighted by molar-refractivity contribution is -0.154. The third-order valence-electron chi connectivity index (χ3n) is 5.79. The molecule has 0 aliphatic rings. The summed E-state index contributed by atoms with van der Waals surface area (Å²) in [6.45, 7) is 14.8. The largest absolute Gasteiger partial charge is 0.460 e. The Kier molecular flexibility index (Phi) is 14.8. The van der Waals surface area contributed by atoms with Crippen LogP contribution in [-0.2, 0) is 40.0 Å². The van der Waals surface area contributed by atoms with Crippen molar-refractivity contribution in [3.8, 4) is 0 Å². The fraction of sp³-hybridized carbons (Fsp3) is 0.655. The number of anilines is 1. The van der Waals surface area contributed by atoms with Crippen LogP contribution in [0.25, 0.3) is 0 Å². The van der Waals surface area contributed by atoms with E-state index in [2.05, 4.69) is 10.6 Å². The van der Waals surface area contributed by atoms with Crippen molar-refractivity contribution < 1.29 is 33.4 Å². The molecule has 9 heteroatoms. The highest BCUT2D eigenvalue weighted by Crippen LogP contribution is 2.19. The van der Waals surface area contributed by atoms with E-state index in [4.69, 9.17) is 14.2 Å². The van der Waals surface area contributed by atoms with Gasteiger partial charge in [-0.2, -0.15) is 0 Å². The molecule has 0 radical (unpaired) electrons. The summed E-state index contributed by atoms with van der Waals surface area (Å²) in [5.74, 6) is -1.67. The van der Waals surface area contributed by atoms with Crippen LogP contribution in [0.1, 0.15) is 73.3 Å². The van der Waals surface area contributed by atoms with Crippen LogP contribution in [0.5, 0.6) is 0 Å². The Balaban J connectivity index is 2.51. The molecule has 1 rings (SSSR count). The molecule has 9 nitrogen and oxygen atoms in total. The number of ketones is 1. The van der Waals surface area contributed by atoms with Crippen LogP contribution >= 0.6 is 0 Å². The highest BCUT2D eigenvalue weighted by atomic mass is 16.5. The van der Waals surface area contributed by atoms with Crippen molar-refractivity contribution in [1.29, 1.82) is 0 Å². The van der Waals surface area contributed by atoms with Crippen LogP contribution in [0, 0.1) is 17.3 Å². The molecule has 2 atom stereocenters. The molecule has 1 aromatic carbocycles. The average molecular weight is 535 g/mol. The predicted molar refractivity (Wildman–Crippen MR) is 146 cm³/mol. The summed E-state index contributed by atoms with van der Waals surface area (Å²) >= 11 is 0. The molecule has 2 amide bonds. The molecule has 0 bridgehead atoms. The lowest BCUT2D eigenvalue weighted by Crippen LogP contribution is -2.45. The van der Waals surface area contributed by atoms with Gasteiger partial charge in [0.05, 0.1) is 25.2 Å². The second-order valence-corrected chi connectivity index (χ2v) is 10.8. The van der Waals surface area contributed by atoms with Crippen LogP contribution in [0.15, 0.2) is 24.3 Å². The van der Waals surface area contributed by atoms with E-state index in [9.17, 15) is 19.2 Å². The van der Waals surface area contributed by atoms with E-state index < -0.39 is 17.4 Å². The molecule has 0 saturated carbocycles. The van der Waals surface area contributed by atoms with Crippen molar-refractivity contribution in [3.05, 3.63) is 29.8 Å². The highest BCUT2D eigenvalue weighted by molar-refractivity contribution is 5.97. The number of Topliss-reactive ketones (excluding diaryl/α,β-unsaturated/α-hetero) is 1. The van der Waals surface area contributed by atoms with E-state index in [1.165, 1.54) is 0 Å². The molecular formula is C29H46N2O7. The molecule has 38 heavy (non-hydrogen) atoms. The fourth-order valence-electron chi connectivity index (χ4n) is 3.32. The number of esters is 1. The van der Waals surface area contributed by atoms with Gasteiger partial charge < -0.3 is 24.8 Å². The first-order chi connectivity index (χ1) is 17.8. The smallest absolute Gasteiger partial charge is 0.311 e. The Labute approximate surface area is 227 Å². The van der Waals surface area contributed by atoms with Gasteiger partial charge >= 0.3 is 5.97 Å². The minimum atomic E-state index is -0.794. The maximum Gasteiger partial charge on any atom is 0.311 e. The number of amides is 2. The molecule has 0 spiro atoms. The first-order valence-corrected chi connectivity index (χ1v) is 13.4. The van der Waals surface area contributed by atoms with E-state index in [1.54, 1.807) is 52.0 Å². The van der Waals surface area contributed by atoms with Gasteiger partial charge in [0.15, 0.2) is 0 Å². The van der Waals surface area contributed by atoms with E-state index >= 15 is 0 Å². The summed E-state index contributed by atoms with van der Waals surface area (Å²) in [7, 11) is 0. The molecule has 0 aliphatic carbocycles. The first kappa shape index (κ1) is 33.2. The molecule has 214 valence electrons. The summed E-state index contributed by atoms with van der Waals surface area (Å²) in [6.07, 6.45) is 1.27. The number of carbonyl (C=O) groups excluding carboxylic acids is 4. The summed E-state index contributed by atoms with van der Waals surface area (Å²) in [6, 6.07) is 6.15. The number of ether oxygens (including phenoxy) is 3. The van der Waals surface area contributed by atoms with Crippen LogP contribution < -0.4 is 10.6 Å². The minimum absolute atomic E-state index is 0.0568. The van der Waals surface area contributed by atoms with E-state index in [0.717, 1.165) is 12.0 Å². The topological polar surface area (TPSA) is 120 Å². The number of hydrogen-bond acceptors (Lipinski definition) is 7. The Bertz CT molecular complexity index is 891. The zero-order valence-corrected chi connectivity index (χ0v) is 24.1. The normalized spacial score (nSPS) is 13.1. The van der Waals surface area contributed by atoms with E-state index in [-0.39, 0.29) is 55.5 Å². The van der Waals surface area contributed by atoms with E-state index in [0.29, 0.717) is 25.5 Å². The zero-order valence-electron chi connectivity index (χ0n) is 24.1. The van der Waals surface area contributed by atoms with Gasteiger partial charge in [-0.1, -0.05) is 32.9 Å². The van der Waals surface area contributed by atoms with Crippen LogP contribution in [0.3, 0.4) is 0 Å². The third kappa shape index (κ3) is 13.1. The van der Waals surface area contributed by atoms with Gasteiger partial charge in [0.2, 0.25) is 11.8 Å². The lowest BCUT2D eigenvalue weighted by atomic mass is 9.89. The number of nitrogens with one attached hydrogen (secondary N) is 2. The van der Waals surface area contributed by atoms with Crippen molar-refractivity contribution >= 4 is 29.3 Å². The Hall–Kier alpha value is -2.78. The molecular weight excluding hydrogens is 488 g/mol. The zero-order chi connectivity index (χ0) is 28.7. The first-order valence-electron chi connectivity index (χ1n) is 13.4. The number of benzene rings is 1. The van der Waals surface area contributed by atoms with Gasteiger partial charge in [0, 0.05) is 31.1 Å². The van der Waals surface area contributed by atoms with Gasteiger partial charge in [0.1, 0.15) is 18.4 Å². The number of rotatable bonds is 17. The van der Waals surface area contributed by atoms with Crippen LogP contribution in [0.4, 0.5) is 5.69 Å². The maximum absolute atomic E-state index is 12.9. The molecule has 2 N–H and O–H groups in total. The molecule has 0 aliphatic heterocycles. The SMILES string of the molecule is CCCOCCOCCC(=O)C[C@H](C(=O)N[C@@H](C)C(=O)Nc1ccc(COC(=O)C(C)(C)C)cc1)C(C)C. The maximum atomic E-state index is 12.9. The average Bonchev–Trinajstić information content (AvgIpc) is 2.85. The third-order valence-corrected chi connectivity index (χ3v) is 5.79. The molecule has 0 aromatic heterocycles. The van der Waals surface area contributed by atoms with Crippen LogP contribution in [0.2, 0.25) is 0 Å². The van der Waals surface area contributed by atoms with E-state index in [1.807, 2.05) is 20.8 Å². The van der Waals surface area contributed by atoms with Crippen LogP contribution in [-0.4, -0.2) is 56.0 Å². The highest BCUT2D eigenvalue weighted by Gasteiger charge is 2.27. The van der Waals surface area contributed by atoms with Gasteiger partial charge in [-0.15, -0.1) is 0 Å². The Morgan fingerprint density at radius 3 is 2.03 bits per heavy atom. The molecule has 0 fully saturated rings. The summed E-state index contributed by atoms with van der Waals surface area (Å²) in [5.41, 5.74) is 0.771. The number of hydrogen-bond donors (Lipinski definition) is 2. The minimum Gasteiger partial charge on any atom is -0.460 e. The quantitative estimate of drug-likeness (QED) is 0.226. The van der Waals surface area contributed by atoms with Gasteiger partial charge in [0.25, 0.3) is 0 Å². The summed E-state index contributed by atoms with van der Waals surface area (Å²) in [5, 5.41) is 5.50. The molecule has 0 saturated heterocycles. The van der Waals surface area contributed by atoms with Crippen molar-refractivity contribution in [2.45, 2.75) is 80.4 Å². The van der Waals surface area contributed by atoms with Crippen molar-refractivity contribution in [2.24, 2.45) is 17.3 Å². The predicted octanol–water partition coefficient (Wildman–Crippen LogP) is 4.28. The van der Waals surface area contributed by atoms with Gasteiger partial charge in [-0.3, -0.25) is 19.2 Å². The Morgan fingerprint density at radius 2 is 1.47 bits per heavy atom. The second-order valence-electron chi connectivity index (χ2n) is 10.8. The molecule has 1 aromatic rings. The van der Waals surface area contributed by atoms with Crippen molar-refractivity contribution in [3.63, 3.8) is 0 Å². The Morgan fingerprint density at radius 1 is 0.868 bits per heavy atom. The van der Waals surface area contributed by atoms with Gasteiger partial charge in [-0.25, -0.2) is 0 Å². The lowest BCUT2D eigenvalue weighted by Gasteiger charge is -2.22. The summed E-state index contributed by atoms with van der Waals surface area (Å²) < 4.78 is 16.1. The van der Waals surface area contributed by atoms with Crippen molar-refractivity contribution in [2.75, 3.05) is 31.7 Å². The standard InChI is InChI=1S/C29H46N2O7/c1-8-14-36-16-17-37-15-13-24(32)18-25(20(2)3)27(34)30-21(4)26(33)31-23-11-9-22(10-12-23)19-38-28(35)29(5,6)7/h9-12,20-21,25H,8,13-19H2,1-7H3,(H,30,34)(H,31,33)/t21-,25-/m0/s1. The fourth-order valence-corrected chi connectivity index (χ4v) is 3.32. The molecule has 0 unspecified atom stereocenters. The van der Waals surface area contributed by atoms with Crippen molar-refractivity contribution in [1.82, 2.24) is 5.32 Å². The number of carbonyl (C=O) groups is 4. The monoisotopic (exact) mass is 534 g/mol. The summed E-state index contributed by atoms with van der Waals surface area (Å²) in [4.78, 5) is 49.9.